The van der Waals surface area contributed by atoms with Gasteiger partial charge in [-0.2, -0.15) is 4.98 Å². The van der Waals surface area contributed by atoms with Gasteiger partial charge in [-0.25, -0.2) is 4.98 Å². The molecule has 3 aromatic heterocycles. The van der Waals surface area contributed by atoms with Crippen LogP contribution >= 0.6 is 11.6 Å². The Labute approximate surface area is 188 Å². The Hall–Kier alpha value is -3.12. The van der Waals surface area contributed by atoms with Crippen molar-refractivity contribution in [2.24, 2.45) is 5.92 Å². The largest absolute Gasteiger partial charge is 0.493 e. The van der Waals surface area contributed by atoms with Gasteiger partial charge < -0.3 is 13.7 Å². The van der Waals surface area contributed by atoms with Crippen molar-refractivity contribution in [2.45, 2.75) is 33.1 Å². The molecule has 0 bridgehead atoms. The molecule has 1 aliphatic rings. The molecule has 4 aromatic rings. The Morgan fingerprint density at radius 2 is 2.16 bits per heavy atom. The maximum Gasteiger partial charge on any atom is 0.278 e. The van der Waals surface area contributed by atoms with Crippen molar-refractivity contribution in [3.8, 4) is 28.7 Å². The predicted octanol–water partition coefficient (Wildman–Crippen LogP) is 6.06. The number of ether oxygens (including phenoxy) is 1. The number of aryl methyl sites for hydroxylation is 2. The van der Waals surface area contributed by atoms with E-state index in [4.69, 9.17) is 23.6 Å². The predicted molar refractivity (Wildman–Crippen MR) is 120 cm³/mol. The van der Waals surface area contributed by atoms with Crippen LogP contribution in [0, 0.1) is 19.8 Å². The number of nitrogens with zero attached hydrogens (tertiary/aromatic N) is 4. The summed E-state index contributed by atoms with van der Waals surface area (Å²) in [6, 6.07) is 7.57. The summed E-state index contributed by atoms with van der Waals surface area (Å²) in [7, 11) is 0. The lowest BCUT2D eigenvalue weighted by atomic mass is 10.1. The number of fused-ring (bicyclic) bond motifs is 1. The van der Waals surface area contributed by atoms with Crippen molar-refractivity contribution in [3.05, 3.63) is 65.0 Å². The van der Waals surface area contributed by atoms with Gasteiger partial charge in [-0.15, -0.1) is 0 Å². The molecule has 31 heavy (non-hydrogen) atoms. The Balaban J connectivity index is 1.32. The van der Waals surface area contributed by atoms with Gasteiger partial charge in [-0.05, 0) is 74.4 Å². The van der Waals surface area contributed by atoms with Crippen LogP contribution in [0.2, 0.25) is 5.02 Å². The third-order valence-electron chi connectivity index (χ3n) is 5.37. The third-order valence-corrected chi connectivity index (χ3v) is 5.65. The first-order valence-electron chi connectivity index (χ1n) is 11.1. The highest BCUT2D eigenvalue weighted by molar-refractivity contribution is 6.33. The van der Waals surface area contributed by atoms with Gasteiger partial charge in [0.05, 0.1) is 11.6 Å². The average Bonchev–Trinajstić information content (AvgIpc) is 3.44. The molecule has 5 rings (SSSR count). The van der Waals surface area contributed by atoms with E-state index in [9.17, 15) is 0 Å². The standard InChI is InChI=1S/C24H23ClN4O2/c1-14-4-5-17(8-14)13-30-21-7-6-18(10-16(21)3)22-27-24(31-28-22)20-12-29-11-15(2)9-19(25)23(29)26-20/h6-7,9-12,17H,1,4-5,8,13H2,2-3H3/i4D2. The van der Waals surface area contributed by atoms with Crippen molar-refractivity contribution >= 4 is 17.2 Å². The minimum atomic E-state index is -1.30. The van der Waals surface area contributed by atoms with Crippen LogP contribution in [0.4, 0.5) is 0 Å². The zero-order valence-corrected chi connectivity index (χ0v) is 18.1. The summed E-state index contributed by atoms with van der Waals surface area (Å²) in [5, 5.41) is 4.68. The highest BCUT2D eigenvalue weighted by atomic mass is 35.5. The summed E-state index contributed by atoms with van der Waals surface area (Å²) in [4.78, 5) is 9.04. The number of rotatable bonds is 5. The topological polar surface area (TPSA) is 65.5 Å². The second-order valence-electron chi connectivity index (χ2n) is 7.99. The number of hydrogen-bond acceptors (Lipinski definition) is 5. The van der Waals surface area contributed by atoms with Crippen LogP contribution in [0.1, 0.15) is 33.1 Å². The fourth-order valence-electron chi connectivity index (χ4n) is 3.80. The smallest absolute Gasteiger partial charge is 0.278 e. The fourth-order valence-corrected chi connectivity index (χ4v) is 4.11. The maximum atomic E-state index is 7.96. The molecule has 0 saturated heterocycles. The molecule has 1 aliphatic carbocycles. The molecule has 3 heterocycles. The van der Waals surface area contributed by atoms with Crippen molar-refractivity contribution in [1.82, 2.24) is 19.5 Å². The molecule has 0 aliphatic heterocycles. The lowest BCUT2D eigenvalue weighted by Crippen LogP contribution is -2.08. The number of aromatic nitrogens is 4. The van der Waals surface area contributed by atoms with E-state index in [1.54, 1.807) is 0 Å². The van der Waals surface area contributed by atoms with Gasteiger partial charge >= 0.3 is 0 Å². The van der Waals surface area contributed by atoms with E-state index < -0.39 is 6.37 Å². The zero-order valence-electron chi connectivity index (χ0n) is 19.4. The lowest BCUT2D eigenvalue weighted by molar-refractivity contribution is 0.252. The van der Waals surface area contributed by atoms with Gasteiger partial charge in [-0.1, -0.05) is 28.9 Å². The molecule has 0 radical (unpaired) electrons. The van der Waals surface area contributed by atoms with E-state index in [0.717, 1.165) is 22.4 Å². The summed E-state index contributed by atoms with van der Waals surface area (Å²) in [6.07, 6.45) is 3.56. The minimum absolute atomic E-state index is 0.133. The molecule has 1 aromatic carbocycles. The second-order valence-corrected chi connectivity index (χ2v) is 8.40. The van der Waals surface area contributed by atoms with Crippen LogP contribution in [0.15, 0.2) is 53.3 Å². The summed E-state index contributed by atoms with van der Waals surface area (Å²) in [5.41, 5.74) is 4.60. The molecular weight excluding hydrogens is 412 g/mol. The maximum absolute atomic E-state index is 7.96. The molecule has 0 N–H and O–H groups in total. The van der Waals surface area contributed by atoms with Crippen LogP contribution in [-0.2, 0) is 0 Å². The number of benzene rings is 1. The number of imidazole rings is 1. The number of pyridine rings is 1. The fraction of sp³-hybridized carbons (Fsp3) is 0.292. The molecular formula is C24H23ClN4O2. The van der Waals surface area contributed by atoms with Gasteiger partial charge in [-0.3, -0.25) is 0 Å². The first-order valence-corrected chi connectivity index (χ1v) is 10.5. The minimum Gasteiger partial charge on any atom is -0.493 e. The van der Waals surface area contributed by atoms with E-state index in [1.165, 1.54) is 0 Å². The van der Waals surface area contributed by atoms with Gasteiger partial charge in [0.15, 0.2) is 5.65 Å². The first-order chi connectivity index (χ1) is 15.7. The highest BCUT2D eigenvalue weighted by Gasteiger charge is 2.19. The van der Waals surface area contributed by atoms with E-state index in [1.807, 2.05) is 54.9 Å². The van der Waals surface area contributed by atoms with Gasteiger partial charge in [0.2, 0.25) is 5.82 Å². The first kappa shape index (κ1) is 17.5. The zero-order chi connectivity index (χ0) is 23.3. The van der Waals surface area contributed by atoms with Crippen LogP contribution < -0.4 is 4.74 Å². The van der Waals surface area contributed by atoms with Crippen LogP contribution in [-0.4, -0.2) is 26.1 Å². The van der Waals surface area contributed by atoms with Crippen LogP contribution in [0.3, 0.4) is 0 Å². The Kier molecular flexibility index (Phi) is 4.45. The SMILES string of the molecule is [2H]C1([2H])CC(COc2ccc(-c3noc(-c4cn5cc(C)cc(Cl)c5n4)n3)cc2C)CC1=C. The molecule has 1 fully saturated rings. The molecule has 6 nitrogen and oxygen atoms in total. The van der Waals surface area contributed by atoms with Gasteiger partial charge in [0.1, 0.15) is 11.4 Å². The van der Waals surface area contributed by atoms with Crippen molar-refractivity contribution in [1.29, 1.82) is 0 Å². The Bertz CT molecular complexity index is 1380. The number of hydrogen-bond donors (Lipinski definition) is 0. The van der Waals surface area contributed by atoms with Crippen molar-refractivity contribution in [2.75, 3.05) is 6.61 Å². The summed E-state index contributed by atoms with van der Waals surface area (Å²) >= 11 is 6.30. The molecule has 1 unspecified atom stereocenters. The molecule has 158 valence electrons. The van der Waals surface area contributed by atoms with Crippen molar-refractivity contribution < 1.29 is 12.0 Å². The van der Waals surface area contributed by atoms with Gasteiger partial charge in [0, 0.05) is 20.7 Å². The summed E-state index contributed by atoms with van der Waals surface area (Å²) in [5.74, 6) is 1.66. The van der Waals surface area contributed by atoms with Crippen LogP contribution in [0.25, 0.3) is 28.6 Å². The molecule has 1 saturated carbocycles. The lowest BCUT2D eigenvalue weighted by Gasteiger charge is -2.13. The molecule has 1 atom stereocenters. The second kappa shape index (κ2) is 7.85. The third kappa shape index (κ3) is 3.95. The Morgan fingerprint density at radius 3 is 2.94 bits per heavy atom. The monoisotopic (exact) mass is 436 g/mol. The Morgan fingerprint density at radius 1 is 1.29 bits per heavy atom. The van der Waals surface area contributed by atoms with Gasteiger partial charge in [0.25, 0.3) is 5.89 Å². The van der Waals surface area contributed by atoms with E-state index in [-0.39, 0.29) is 5.92 Å². The van der Waals surface area contributed by atoms with Crippen molar-refractivity contribution in [3.63, 3.8) is 0 Å². The normalized spacial score (nSPS) is 18.9. The molecule has 0 spiro atoms. The summed E-state index contributed by atoms with van der Waals surface area (Å²) < 4.78 is 29.2. The highest BCUT2D eigenvalue weighted by Crippen LogP contribution is 2.31. The summed E-state index contributed by atoms with van der Waals surface area (Å²) in [6.45, 7) is 8.24. The van der Waals surface area contributed by atoms with E-state index >= 15 is 0 Å². The average molecular weight is 437 g/mol. The molecule has 0 amide bonds. The number of halogens is 1. The van der Waals surface area contributed by atoms with Crippen LogP contribution in [0.5, 0.6) is 5.75 Å². The van der Waals surface area contributed by atoms with E-state index in [2.05, 4.69) is 21.7 Å². The van der Waals surface area contributed by atoms with E-state index in [0.29, 0.717) is 53.1 Å². The molecule has 7 heteroatoms. The quantitative estimate of drug-likeness (QED) is 0.356. The number of allylic oxidation sites excluding steroid dienone is 1.